The Morgan fingerprint density at radius 2 is 2.25 bits per heavy atom. The number of ether oxygens (including phenoxy) is 1. The van der Waals surface area contributed by atoms with Crippen LogP contribution in [0, 0.1) is 5.41 Å². The van der Waals surface area contributed by atoms with E-state index in [0.29, 0.717) is 13.2 Å². The number of likely N-dealkylation sites (N-methyl/N-ethyl adjacent to an activating group) is 1. The molecule has 1 unspecified atom stereocenters. The molecule has 1 rings (SSSR count). The second-order valence-electron chi connectivity index (χ2n) is 5.28. The molecular formula is C12H24N2O2. The Morgan fingerprint density at radius 1 is 1.56 bits per heavy atom. The molecule has 0 aromatic rings. The Hall–Kier alpha value is -0.610. The van der Waals surface area contributed by atoms with Crippen molar-refractivity contribution in [2.75, 3.05) is 33.9 Å². The lowest BCUT2D eigenvalue weighted by molar-refractivity contribution is -0.133. The zero-order chi connectivity index (χ0) is 12.2. The van der Waals surface area contributed by atoms with E-state index >= 15 is 0 Å². The van der Waals surface area contributed by atoms with Crippen LogP contribution in [-0.2, 0) is 9.53 Å². The molecule has 1 amide bonds. The molecule has 1 fully saturated rings. The van der Waals surface area contributed by atoms with Gasteiger partial charge in [-0.05, 0) is 25.3 Å². The van der Waals surface area contributed by atoms with Gasteiger partial charge in [0.2, 0.25) is 5.91 Å². The molecule has 0 spiro atoms. The zero-order valence-electron chi connectivity index (χ0n) is 10.9. The molecule has 0 saturated carbocycles. The first kappa shape index (κ1) is 13.5. The van der Waals surface area contributed by atoms with E-state index in [1.54, 1.807) is 7.11 Å². The summed E-state index contributed by atoms with van der Waals surface area (Å²) in [6.45, 7) is 6.61. The van der Waals surface area contributed by atoms with E-state index in [0.717, 1.165) is 19.4 Å². The van der Waals surface area contributed by atoms with Crippen molar-refractivity contribution in [2.45, 2.75) is 32.7 Å². The Bertz CT molecular complexity index is 241. The highest BCUT2D eigenvalue weighted by molar-refractivity contribution is 5.82. The molecule has 1 N–H and O–H groups in total. The lowest BCUT2D eigenvalue weighted by Gasteiger charge is -2.24. The van der Waals surface area contributed by atoms with Gasteiger partial charge in [-0.2, -0.15) is 0 Å². The number of carbonyl (C=O) groups excluding carboxylic acids is 1. The van der Waals surface area contributed by atoms with E-state index < -0.39 is 0 Å². The van der Waals surface area contributed by atoms with Crippen LogP contribution in [0.1, 0.15) is 26.7 Å². The van der Waals surface area contributed by atoms with E-state index in [2.05, 4.69) is 19.2 Å². The van der Waals surface area contributed by atoms with Gasteiger partial charge < -0.3 is 15.0 Å². The number of rotatable bonds is 4. The lowest BCUT2D eigenvalue weighted by Crippen LogP contribution is -2.45. The van der Waals surface area contributed by atoms with Crippen LogP contribution in [0.3, 0.4) is 0 Å². The molecule has 1 atom stereocenters. The van der Waals surface area contributed by atoms with Crippen molar-refractivity contribution in [3.05, 3.63) is 0 Å². The van der Waals surface area contributed by atoms with Gasteiger partial charge >= 0.3 is 0 Å². The van der Waals surface area contributed by atoms with Gasteiger partial charge in [-0.3, -0.25) is 4.79 Å². The molecule has 4 heteroatoms. The molecule has 0 radical (unpaired) electrons. The summed E-state index contributed by atoms with van der Waals surface area (Å²) in [5.41, 5.74) is 0.227. The molecule has 4 nitrogen and oxygen atoms in total. The number of hydrogen-bond donors (Lipinski definition) is 1. The minimum atomic E-state index is -0.0469. The molecule has 0 bridgehead atoms. The summed E-state index contributed by atoms with van der Waals surface area (Å²) >= 11 is 0. The maximum atomic E-state index is 12.2. The second-order valence-corrected chi connectivity index (χ2v) is 5.28. The van der Waals surface area contributed by atoms with Crippen LogP contribution >= 0.6 is 0 Å². The fraction of sp³-hybridized carbons (Fsp3) is 0.917. The fourth-order valence-electron chi connectivity index (χ4n) is 2.16. The Morgan fingerprint density at radius 3 is 2.81 bits per heavy atom. The normalized spacial score (nSPS) is 25.6. The van der Waals surface area contributed by atoms with Crippen molar-refractivity contribution in [2.24, 2.45) is 5.41 Å². The highest BCUT2D eigenvalue weighted by Crippen LogP contribution is 2.30. The summed E-state index contributed by atoms with van der Waals surface area (Å²) in [6, 6.07) is -0.0469. The van der Waals surface area contributed by atoms with Crippen LogP contribution in [0.2, 0.25) is 0 Å². The molecule has 0 aromatic heterocycles. The highest BCUT2D eigenvalue weighted by Gasteiger charge is 2.33. The van der Waals surface area contributed by atoms with Crippen LogP contribution in [0.4, 0.5) is 0 Å². The Kier molecular flexibility index (Phi) is 4.74. The fourth-order valence-corrected chi connectivity index (χ4v) is 2.16. The zero-order valence-corrected chi connectivity index (χ0v) is 10.9. The maximum Gasteiger partial charge on any atom is 0.239 e. The molecule has 1 aliphatic rings. The van der Waals surface area contributed by atoms with Crippen molar-refractivity contribution < 1.29 is 9.53 Å². The predicted molar refractivity (Wildman–Crippen MR) is 64.3 cm³/mol. The van der Waals surface area contributed by atoms with E-state index in [9.17, 15) is 4.79 Å². The highest BCUT2D eigenvalue weighted by atomic mass is 16.5. The Labute approximate surface area is 98.3 Å². The number of nitrogens with zero attached hydrogens (tertiary/aromatic N) is 1. The molecular weight excluding hydrogens is 204 g/mol. The first-order valence-electron chi connectivity index (χ1n) is 5.95. The van der Waals surface area contributed by atoms with Gasteiger partial charge in [0, 0.05) is 20.2 Å². The van der Waals surface area contributed by atoms with E-state index in [1.807, 2.05) is 11.9 Å². The largest absolute Gasteiger partial charge is 0.383 e. The quantitative estimate of drug-likeness (QED) is 0.776. The van der Waals surface area contributed by atoms with Gasteiger partial charge in [0.15, 0.2) is 0 Å². The van der Waals surface area contributed by atoms with E-state index in [-0.39, 0.29) is 17.4 Å². The molecule has 0 aromatic carbocycles. The SMILES string of the molecule is CNC1CC(C)(C)CCN(CCOC)C1=O. The summed E-state index contributed by atoms with van der Waals surface area (Å²) in [6.07, 6.45) is 1.96. The standard InChI is InChI=1S/C12H24N2O2/c1-12(2)5-6-14(7-8-16-4)11(15)10(9-12)13-3/h10,13H,5-9H2,1-4H3. The molecule has 1 aliphatic heterocycles. The summed E-state index contributed by atoms with van der Waals surface area (Å²) in [4.78, 5) is 14.1. The first-order valence-corrected chi connectivity index (χ1v) is 5.95. The average molecular weight is 228 g/mol. The summed E-state index contributed by atoms with van der Waals surface area (Å²) in [7, 11) is 3.53. The summed E-state index contributed by atoms with van der Waals surface area (Å²) in [5, 5.41) is 3.12. The maximum absolute atomic E-state index is 12.2. The lowest BCUT2D eigenvalue weighted by atomic mass is 9.83. The van der Waals surface area contributed by atoms with Gasteiger partial charge in [0.1, 0.15) is 0 Å². The second kappa shape index (κ2) is 5.64. The third kappa shape index (κ3) is 3.46. The number of hydrogen-bond acceptors (Lipinski definition) is 3. The van der Waals surface area contributed by atoms with Crippen molar-refractivity contribution in [3.8, 4) is 0 Å². The van der Waals surface area contributed by atoms with Gasteiger partial charge in [0.25, 0.3) is 0 Å². The average Bonchev–Trinajstić information content (AvgIpc) is 2.35. The van der Waals surface area contributed by atoms with Crippen molar-refractivity contribution in [3.63, 3.8) is 0 Å². The van der Waals surface area contributed by atoms with Crippen molar-refractivity contribution in [1.82, 2.24) is 10.2 Å². The summed E-state index contributed by atoms with van der Waals surface area (Å²) < 4.78 is 5.04. The molecule has 16 heavy (non-hydrogen) atoms. The monoisotopic (exact) mass is 228 g/mol. The molecule has 94 valence electrons. The van der Waals surface area contributed by atoms with Gasteiger partial charge in [0.05, 0.1) is 12.6 Å². The Balaban J connectivity index is 2.69. The number of methoxy groups -OCH3 is 1. The van der Waals surface area contributed by atoms with E-state index in [1.165, 1.54) is 0 Å². The van der Waals surface area contributed by atoms with Crippen molar-refractivity contribution >= 4 is 5.91 Å². The number of nitrogens with one attached hydrogen (secondary N) is 1. The topological polar surface area (TPSA) is 41.6 Å². The van der Waals surface area contributed by atoms with Crippen LogP contribution in [0.5, 0.6) is 0 Å². The van der Waals surface area contributed by atoms with Gasteiger partial charge in [-0.25, -0.2) is 0 Å². The first-order chi connectivity index (χ1) is 7.50. The third-order valence-corrected chi connectivity index (χ3v) is 3.34. The number of carbonyl (C=O) groups is 1. The van der Waals surface area contributed by atoms with Crippen molar-refractivity contribution in [1.29, 1.82) is 0 Å². The minimum absolute atomic E-state index is 0.0469. The third-order valence-electron chi connectivity index (χ3n) is 3.34. The minimum Gasteiger partial charge on any atom is -0.383 e. The van der Waals surface area contributed by atoms with Crippen LogP contribution in [0.25, 0.3) is 0 Å². The van der Waals surface area contributed by atoms with Crippen LogP contribution in [0.15, 0.2) is 0 Å². The molecule has 1 heterocycles. The molecule has 1 saturated heterocycles. The molecule has 0 aliphatic carbocycles. The summed E-state index contributed by atoms with van der Waals surface area (Å²) in [5.74, 6) is 0.213. The van der Waals surface area contributed by atoms with Gasteiger partial charge in [-0.15, -0.1) is 0 Å². The van der Waals surface area contributed by atoms with Gasteiger partial charge in [-0.1, -0.05) is 13.8 Å². The van der Waals surface area contributed by atoms with E-state index in [4.69, 9.17) is 4.74 Å². The van der Waals surface area contributed by atoms with Crippen LogP contribution in [-0.4, -0.2) is 50.7 Å². The number of amides is 1. The smallest absolute Gasteiger partial charge is 0.239 e. The predicted octanol–water partition coefficient (Wildman–Crippen LogP) is 0.869. The van der Waals surface area contributed by atoms with Crippen LogP contribution < -0.4 is 5.32 Å². The number of likely N-dealkylation sites (tertiary alicyclic amines) is 1.